The largest absolute Gasteiger partial charge is 0.413 e. The molecule has 10 nitrogen and oxygen atoms in total. The van der Waals surface area contributed by atoms with Gasteiger partial charge in [-0.15, -0.1) is 11.6 Å². The predicted molar refractivity (Wildman–Crippen MR) is 240 cm³/mol. The van der Waals surface area contributed by atoms with Crippen molar-refractivity contribution in [3.05, 3.63) is 109 Å². The number of aromatic nitrogens is 2. The van der Waals surface area contributed by atoms with E-state index in [0.717, 1.165) is 29.0 Å². The number of nitrogens with one attached hydrogen (secondary N) is 1. The van der Waals surface area contributed by atoms with Gasteiger partial charge in [-0.25, -0.2) is 14.5 Å². The van der Waals surface area contributed by atoms with E-state index in [2.05, 4.69) is 24.2 Å². The van der Waals surface area contributed by atoms with Crippen LogP contribution in [0.5, 0.6) is 5.75 Å². The third kappa shape index (κ3) is 12.3. The first-order valence-electron chi connectivity index (χ1n) is 20.2. The summed E-state index contributed by atoms with van der Waals surface area (Å²) in [5, 5.41) is 5.01. The number of nitrogens with zero attached hydrogens (tertiary/aromatic N) is 3. The van der Waals surface area contributed by atoms with Crippen molar-refractivity contribution in [1.82, 2.24) is 14.8 Å². The van der Waals surface area contributed by atoms with E-state index in [-0.39, 0.29) is 66.8 Å². The van der Waals surface area contributed by atoms with Crippen LogP contribution in [0, 0.1) is 5.92 Å². The fourth-order valence-electron chi connectivity index (χ4n) is 7.08. The maximum Gasteiger partial charge on any atom is 0.346 e. The van der Waals surface area contributed by atoms with E-state index in [4.69, 9.17) is 68.5 Å². The minimum absolute atomic E-state index is 0.0178. The monoisotopic (exact) mass is 903 g/mol. The molecular weight excluding hydrogens is 856 g/mol. The Labute approximate surface area is 370 Å². The van der Waals surface area contributed by atoms with Gasteiger partial charge in [0, 0.05) is 27.5 Å². The Bertz CT molecular complexity index is 2130. The van der Waals surface area contributed by atoms with Gasteiger partial charge in [-0.3, -0.25) is 19.5 Å². The Hall–Kier alpha value is -3.93. The zero-order valence-electron chi connectivity index (χ0n) is 33.0. The second-order valence-corrected chi connectivity index (χ2v) is 17.0. The average Bonchev–Trinajstić information content (AvgIpc) is 3.65. The Kier molecular flexibility index (Phi) is 17.7. The van der Waals surface area contributed by atoms with Crippen molar-refractivity contribution in [1.29, 1.82) is 0 Å². The number of hydrazine groups is 1. The molecule has 5 rings (SSSR count). The first-order valence-corrected chi connectivity index (χ1v) is 22.1. The molecule has 2 amide bonds. The van der Waals surface area contributed by atoms with Crippen molar-refractivity contribution in [3.63, 3.8) is 0 Å². The van der Waals surface area contributed by atoms with Crippen LogP contribution in [-0.2, 0) is 9.59 Å². The Morgan fingerprint density at radius 3 is 2.15 bits per heavy atom. The van der Waals surface area contributed by atoms with Gasteiger partial charge in [0.25, 0.3) is 5.91 Å². The number of benzene rings is 3. The van der Waals surface area contributed by atoms with E-state index >= 15 is 0 Å². The SMILES string of the molecule is CCCCCCCCCCCCC=CCCC(Cl)CC1CC(=O)N(N(c2ccccc2)c2[nH]n(-c3c(Cl)cc(Cl)cc3Cl)c(=O)c2OC(=O)c2cc(Cl)ccc2N)C1=O. The molecule has 1 aliphatic heterocycles. The Morgan fingerprint density at radius 1 is 0.864 bits per heavy atom. The third-order valence-electron chi connectivity index (χ3n) is 10.2. The number of hydrogen-bond donors (Lipinski definition) is 2. The lowest BCUT2D eigenvalue weighted by atomic mass is 9.99. The number of carbonyl (C=O) groups is 3. The zero-order chi connectivity index (χ0) is 42.5. The topological polar surface area (TPSA) is 131 Å². The number of rotatable bonds is 22. The molecule has 0 saturated carbocycles. The maximum absolute atomic E-state index is 14.3. The number of allylic oxidation sites excluding steroid dienone is 2. The van der Waals surface area contributed by atoms with Crippen LogP contribution in [-0.4, -0.2) is 38.0 Å². The Morgan fingerprint density at radius 2 is 1.49 bits per heavy atom. The van der Waals surface area contributed by atoms with Crippen LogP contribution in [0.1, 0.15) is 114 Å². The standard InChI is InChI=1S/C44H50Cl5N5O5/c1-2-3-4-5-6-7-8-9-10-11-12-13-14-16-19-30(45)24-29-25-38(55)54(42(29)56)53(33-20-17-15-18-21-33)41-40(59-44(58)34-26-31(46)22-23-37(34)50)43(57)52(51-41)39-35(48)27-32(47)28-36(39)49/h13-15,17-18,20-23,26-30,51H,2-12,16,19,24-25,50H2,1H3. The van der Waals surface area contributed by atoms with Crippen LogP contribution < -0.4 is 21.0 Å². The van der Waals surface area contributed by atoms with E-state index in [1.165, 1.54) is 93.1 Å². The Balaban J connectivity index is 1.34. The number of H-pyrrole nitrogens is 1. The maximum atomic E-state index is 14.3. The van der Waals surface area contributed by atoms with E-state index in [1.807, 2.05) is 0 Å². The van der Waals surface area contributed by atoms with Gasteiger partial charge in [0.2, 0.25) is 11.7 Å². The molecule has 2 heterocycles. The molecule has 15 heteroatoms. The number of anilines is 3. The van der Waals surface area contributed by atoms with Crippen molar-refractivity contribution < 1.29 is 19.1 Å². The summed E-state index contributed by atoms with van der Waals surface area (Å²) in [6.07, 6.45) is 19.8. The first kappa shape index (κ1) is 46.1. The predicted octanol–water partition coefficient (Wildman–Crippen LogP) is 12.7. The van der Waals surface area contributed by atoms with Crippen molar-refractivity contribution in [2.24, 2.45) is 5.92 Å². The molecule has 3 N–H and O–H groups in total. The number of halogens is 5. The van der Waals surface area contributed by atoms with Crippen molar-refractivity contribution >= 4 is 93.0 Å². The van der Waals surface area contributed by atoms with Gasteiger partial charge in [0.1, 0.15) is 5.69 Å². The molecular formula is C44H50Cl5N5O5. The average molecular weight is 906 g/mol. The number of imide groups is 1. The molecule has 59 heavy (non-hydrogen) atoms. The summed E-state index contributed by atoms with van der Waals surface area (Å²) < 4.78 is 6.71. The van der Waals surface area contributed by atoms with Gasteiger partial charge >= 0.3 is 11.5 Å². The first-order chi connectivity index (χ1) is 28.4. The van der Waals surface area contributed by atoms with Crippen molar-refractivity contribution in [3.8, 4) is 11.4 Å². The quantitative estimate of drug-likeness (QED) is 0.0200. The molecule has 2 atom stereocenters. The van der Waals surface area contributed by atoms with E-state index < -0.39 is 35.0 Å². The highest BCUT2D eigenvalue weighted by Gasteiger charge is 2.45. The lowest BCUT2D eigenvalue weighted by Gasteiger charge is -2.31. The number of hydrogen-bond acceptors (Lipinski definition) is 7. The van der Waals surface area contributed by atoms with Gasteiger partial charge in [0.05, 0.1) is 27.2 Å². The summed E-state index contributed by atoms with van der Waals surface area (Å²) in [7, 11) is 0. The molecule has 316 valence electrons. The number of amides is 2. The molecule has 1 fully saturated rings. The number of alkyl halides is 1. The zero-order valence-corrected chi connectivity index (χ0v) is 36.8. The lowest BCUT2D eigenvalue weighted by Crippen LogP contribution is -2.44. The molecule has 0 radical (unpaired) electrons. The number of carbonyl (C=O) groups excluding carboxylic acids is 3. The minimum Gasteiger partial charge on any atom is -0.413 e. The van der Waals surface area contributed by atoms with E-state index in [9.17, 15) is 19.2 Å². The fraction of sp³-hybridized carbons (Fsp3) is 0.409. The summed E-state index contributed by atoms with van der Waals surface area (Å²) >= 11 is 32.2. The highest BCUT2D eigenvalue weighted by Crippen LogP contribution is 2.40. The van der Waals surface area contributed by atoms with Crippen LogP contribution >= 0.6 is 58.0 Å². The van der Waals surface area contributed by atoms with Gasteiger partial charge in [-0.1, -0.05) is 141 Å². The summed E-state index contributed by atoms with van der Waals surface area (Å²) in [5.74, 6) is -3.74. The number of ether oxygens (including phenoxy) is 1. The number of unbranched alkanes of at least 4 members (excludes halogenated alkanes) is 10. The summed E-state index contributed by atoms with van der Waals surface area (Å²) in [5.41, 5.74) is 5.32. The van der Waals surface area contributed by atoms with Gasteiger partial charge in [-0.05, 0) is 74.6 Å². The number of aromatic amines is 1. The normalized spacial score (nSPS) is 14.7. The van der Waals surface area contributed by atoms with Crippen LogP contribution in [0.4, 0.5) is 17.2 Å². The van der Waals surface area contributed by atoms with Crippen molar-refractivity contribution in [2.75, 3.05) is 10.7 Å². The fourth-order valence-corrected chi connectivity index (χ4v) is 8.58. The van der Waals surface area contributed by atoms with Gasteiger partial charge in [-0.2, -0.15) is 5.01 Å². The van der Waals surface area contributed by atoms with Gasteiger partial charge < -0.3 is 10.5 Å². The summed E-state index contributed by atoms with van der Waals surface area (Å²) in [6.45, 7) is 2.24. The number of esters is 1. The molecule has 4 aromatic rings. The number of para-hydroxylation sites is 1. The van der Waals surface area contributed by atoms with Crippen LogP contribution in [0.2, 0.25) is 20.1 Å². The molecule has 0 bridgehead atoms. The molecule has 3 aromatic carbocycles. The number of nitrogens with two attached hydrogens (primary N) is 1. The van der Waals surface area contributed by atoms with Crippen LogP contribution in [0.3, 0.4) is 0 Å². The van der Waals surface area contributed by atoms with Crippen LogP contribution in [0.25, 0.3) is 5.69 Å². The molecule has 0 spiro atoms. The highest BCUT2D eigenvalue weighted by atomic mass is 35.5. The van der Waals surface area contributed by atoms with Crippen molar-refractivity contribution in [2.45, 2.75) is 109 Å². The molecule has 1 saturated heterocycles. The molecule has 0 aliphatic carbocycles. The third-order valence-corrected chi connectivity index (χ3v) is 11.6. The summed E-state index contributed by atoms with van der Waals surface area (Å²) in [4.78, 5) is 56.2. The highest BCUT2D eigenvalue weighted by molar-refractivity contribution is 6.40. The molecule has 2 unspecified atom stereocenters. The number of nitrogen functional groups attached to an aromatic ring is 1. The molecule has 1 aliphatic rings. The van der Waals surface area contributed by atoms with E-state index in [0.29, 0.717) is 6.42 Å². The minimum atomic E-state index is -1.03. The summed E-state index contributed by atoms with van der Waals surface area (Å²) in [6, 6.07) is 15.3. The molecule has 1 aromatic heterocycles. The smallest absolute Gasteiger partial charge is 0.346 e. The van der Waals surface area contributed by atoms with Crippen LogP contribution in [0.15, 0.2) is 77.6 Å². The second kappa shape index (κ2) is 22.6. The lowest BCUT2D eigenvalue weighted by molar-refractivity contribution is -0.139. The van der Waals surface area contributed by atoms with Gasteiger partial charge in [0.15, 0.2) is 5.82 Å². The second-order valence-electron chi connectivity index (χ2n) is 14.7. The van der Waals surface area contributed by atoms with E-state index in [1.54, 1.807) is 30.3 Å².